The van der Waals surface area contributed by atoms with Crippen LogP contribution in [-0.2, 0) is 9.59 Å². The number of nitrogens with zero attached hydrogens (tertiary/aromatic N) is 1. The molecule has 1 N–H and O–H groups in total. The van der Waals surface area contributed by atoms with Gasteiger partial charge in [0.1, 0.15) is 12.3 Å². The summed E-state index contributed by atoms with van der Waals surface area (Å²) in [6, 6.07) is 20.5. The van der Waals surface area contributed by atoms with Gasteiger partial charge in [-0.05, 0) is 42.3 Å². The Morgan fingerprint density at radius 3 is 2.61 bits per heavy atom. The highest BCUT2D eigenvalue weighted by atomic mass is 32.2. The van der Waals surface area contributed by atoms with Crippen LogP contribution in [0.3, 0.4) is 0 Å². The molecule has 0 bridgehead atoms. The van der Waals surface area contributed by atoms with E-state index in [0.29, 0.717) is 23.6 Å². The SMILES string of the molecule is CCOc1ccccc1/C=C1/SC(=O)N(CC(=O)Nc2cccc3ccccc23)C1=O. The maximum Gasteiger partial charge on any atom is 0.294 e. The van der Waals surface area contributed by atoms with Gasteiger partial charge in [-0.25, -0.2) is 0 Å². The Kier molecular flexibility index (Phi) is 6.04. The van der Waals surface area contributed by atoms with Crippen LogP contribution in [0, 0.1) is 0 Å². The predicted octanol–water partition coefficient (Wildman–Crippen LogP) is 4.91. The fourth-order valence-corrected chi connectivity index (χ4v) is 4.16. The maximum atomic E-state index is 12.8. The van der Waals surface area contributed by atoms with Crippen LogP contribution in [0.25, 0.3) is 16.8 Å². The quantitative estimate of drug-likeness (QED) is 0.560. The molecule has 3 amide bonds. The van der Waals surface area contributed by atoms with Crippen LogP contribution >= 0.6 is 11.8 Å². The summed E-state index contributed by atoms with van der Waals surface area (Å²) in [6.45, 7) is 2.01. The van der Waals surface area contributed by atoms with E-state index in [1.807, 2.05) is 61.5 Å². The highest BCUT2D eigenvalue weighted by Crippen LogP contribution is 2.34. The normalized spacial score (nSPS) is 15.0. The Balaban J connectivity index is 1.50. The van der Waals surface area contributed by atoms with E-state index in [2.05, 4.69) is 5.32 Å². The minimum atomic E-state index is -0.491. The summed E-state index contributed by atoms with van der Waals surface area (Å²) < 4.78 is 5.57. The maximum absolute atomic E-state index is 12.8. The molecule has 0 unspecified atom stereocenters. The fourth-order valence-electron chi connectivity index (χ4n) is 3.33. The first-order valence-electron chi connectivity index (χ1n) is 9.81. The van der Waals surface area contributed by atoms with Gasteiger partial charge >= 0.3 is 0 Å². The summed E-state index contributed by atoms with van der Waals surface area (Å²) in [5.41, 5.74) is 1.34. The molecular weight excluding hydrogens is 412 g/mol. The molecule has 1 aliphatic heterocycles. The molecule has 6 nitrogen and oxygen atoms in total. The largest absolute Gasteiger partial charge is 0.493 e. The molecule has 0 saturated carbocycles. The molecule has 0 spiro atoms. The first kappa shape index (κ1) is 20.7. The Bertz CT molecular complexity index is 1200. The van der Waals surface area contributed by atoms with Crippen molar-refractivity contribution in [2.45, 2.75) is 6.92 Å². The van der Waals surface area contributed by atoms with Gasteiger partial charge in [-0.3, -0.25) is 19.3 Å². The van der Waals surface area contributed by atoms with Gasteiger partial charge in [0.25, 0.3) is 11.1 Å². The number of carbonyl (C=O) groups is 3. The average molecular weight is 433 g/mol. The van der Waals surface area contributed by atoms with Crippen LogP contribution in [0.2, 0.25) is 0 Å². The highest BCUT2D eigenvalue weighted by Gasteiger charge is 2.36. The van der Waals surface area contributed by atoms with Gasteiger partial charge in [-0.15, -0.1) is 0 Å². The number of nitrogens with one attached hydrogen (secondary N) is 1. The number of hydrogen-bond acceptors (Lipinski definition) is 5. The number of anilines is 1. The standard InChI is InChI=1S/C24H20N2O4S/c1-2-30-20-13-6-4-9-17(20)14-21-23(28)26(24(29)31-21)15-22(27)25-19-12-7-10-16-8-3-5-11-18(16)19/h3-14H,2,15H2,1H3,(H,25,27)/b21-14+. The summed E-state index contributed by atoms with van der Waals surface area (Å²) in [4.78, 5) is 39.0. The van der Waals surface area contributed by atoms with E-state index in [0.717, 1.165) is 27.4 Å². The lowest BCUT2D eigenvalue weighted by molar-refractivity contribution is -0.127. The molecular formula is C24H20N2O4S. The monoisotopic (exact) mass is 432 g/mol. The van der Waals surface area contributed by atoms with Crippen molar-refractivity contribution in [1.29, 1.82) is 0 Å². The summed E-state index contributed by atoms with van der Waals surface area (Å²) in [7, 11) is 0. The summed E-state index contributed by atoms with van der Waals surface area (Å²) in [6.07, 6.45) is 1.62. The third-order valence-electron chi connectivity index (χ3n) is 4.74. The zero-order valence-electron chi connectivity index (χ0n) is 16.8. The lowest BCUT2D eigenvalue weighted by atomic mass is 10.1. The molecule has 1 aliphatic rings. The molecule has 156 valence electrons. The Morgan fingerprint density at radius 1 is 1.03 bits per heavy atom. The smallest absolute Gasteiger partial charge is 0.294 e. The summed E-state index contributed by atoms with van der Waals surface area (Å²) >= 11 is 0.817. The number of thioether (sulfide) groups is 1. The molecule has 31 heavy (non-hydrogen) atoms. The van der Waals surface area contributed by atoms with Crippen molar-refractivity contribution in [3.63, 3.8) is 0 Å². The third kappa shape index (κ3) is 4.46. The molecule has 7 heteroatoms. The van der Waals surface area contributed by atoms with Crippen molar-refractivity contribution in [3.05, 3.63) is 77.2 Å². The second kappa shape index (κ2) is 9.06. The van der Waals surface area contributed by atoms with Crippen LogP contribution in [0.1, 0.15) is 12.5 Å². The minimum absolute atomic E-state index is 0.259. The lowest BCUT2D eigenvalue weighted by Gasteiger charge is -2.13. The van der Waals surface area contributed by atoms with E-state index in [9.17, 15) is 14.4 Å². The number of fused-ring (bicyclic) bond motifs is 1. The first-order valence-corrected chi connectivity index (χ1v) is 10.6. The van der Waals surface area contributed by atoms with E-state index < -0.39 is 17.1 Å². The second-order valence-corrected chi connectivity index (χ2v) is 7.81. The van der Waals surface area contributed by atoms with Crippen molar-refractivity contribution >= 4 is 51.4 Å². The zero-order chi connectivity index (χ0) is 21.8. The van der Waals surface area contributed by atoms with Crippen LogP contribution in [0.4, 0.5) is 10.5 Å². The molecule has 1 heterocycles. The van der Waals surface area contributed by atoms with Gasteiger partial charge in [0.05, 0.1) is 11.5 Å². The average Bonchev–Trinajstić information content (AvgIpc) is 3.03. The molecule has 0 aliphatic carbocycles. The van der Waals surface area contributed by atoms with Crippen LogP contribution < -0.4 is 10.1 Å². The molecule has 0 atom stereocenters. The van der Waals surface area contributed by atoms with Crippen molar-refractivity contribution in [2.24, 2.45) is 0 Å². The van der Waals surface area contributed by atoms with Crippen molar-refractivity contribution in [3.8, 4) is 5.75 Å². The summed E-state index contributed by atoms with van der Waals surface area (Å²) in [5, 5.41) is 4.21. The van der Waals surface area contributed by atoms with E-state index in [1.165, 1.54) is 0 Å². The molecule has 3 aromatic carbocycles. The Morgan fingerprint density at radius 2 is 1.77 bits per heavy atom. The zero-order valence-corrected chi connectivity index (χ0v) is 17.6. The number of amides is 3. The predicted molar refractivity (Wildman–Crippen MR) is 123 cm³/mol. The van der Waals surface area contributed by atoms with Gasteiger partial charge in [0.15, 0.2) is 0 Å². The topological polar surface area (TPSA) is 75.7 Å². The van der Waals surface area contributed by atoms with Gasteiger partial charge in [0, 0.05) is 16.6 Å². The molecule has 1 saturated heterocycles. The number of para-hydroxylation sites is 1. The molecule has 4 rings (SSSR count). The number of benzene rings is 3. The molecule has 1 fully saturated rings. The van der Waals surface area contributed by atoms with E-state index in [4.69, 9.17) is 4.74 Å². The van der Waals surface area contributed by atoms with Crippen molar-refractivity contribution in [1.82, 2.24) is 4.90 Å². The first-order chi connectivity index (χ1) is 15.1. The number of imide groups is 1. The van der Waals surface area contributed by atoms with E-state index in [-0.39, 0.29) is 11.4 Å². The lowest BCUT2D eigenvalue weighted by Crippen LogP contribution is -2.36. The minimum Gasteiger partial charge on any atom is -0.493 e. The van der Waals surface area contributed by atoms with Gasteiger partial charge < -0.3 is 10.1 Å². The second-order valence-electron chi connectivity index (χ2n) is 6.81. The molecule has 0 aromatic heterocycles. The van der Waals surface area contributed by atoms with Crippen LogP contribution in [0.5, 0.6) is 5.75 Å². The van der Waals surface area contributed by atoms with Crippen LogP contribution in [-0.4, -0.2) is 35.1 Å². The van der Waals surface area contributed by atoms with Crippen LogP contribution in [0.15, 0.2) is 71.6 Å². The van der Waals surface area contributed by atoms with Crippen molar-refractivity contribution in [2.75, 3.05) is 18.5 Å². The van der Waals surface area contributed by atoms with E-state index in [1.54, 1.807) is 18.2 Å². The number of ether oxygens (including phenoxy) is 1. The number of carbonyl (C=O) groups excluding carboxylic acids is 3. The van der Waals surface area contributed by atoms with Gasteiger partial charge in [-0.1, -0.05) is 54.6 Å². The molecule has 3 aromatic rings. The summed E-state index contributed by atoms with van der Waals surface area (Å²) in [5.74, 6) is -0.297. The van der Waals surface area contributed by atoms with Crippen molar-refractivity contribution < 1.29 is 19.1 Å². The van der Waals surface area contributed by atoms with Gasteiger partial charge in [-0.2, -0.15) is 0 Å². The van der Waals surface area contributed by atoms with E-state index >= 15 is 0 Å². The fraction of sp³-hybridized carbons (Fsp3) is 0.125. The Hall–Kier alpha value is -3.58. The van der Waals surface area contributed by atoms with Gasteiger partial charge in [0.2, 0.25) is 5.91 Å². The molecule has 0 radical (unpaired) electrons. The third-order valence-corrected chi connectivity index (χ3v) is 5.65. The number of rotatable bonds is 6. The highest BCUT2D eigenvalue weighted by molar-refractivity contribution is 8.18. The Labute approximate surface area is 183 Å². The number of hydrogen-bond donors (Lipinski definition) is 1.